The summed E-state index contributed by atoms with van der Waals surface area (Å²) in [5.74, 6) is 0.899. The minimum atomic E-state index is -0.00545. The average Bonchev–Trinajstić information content (AvgIpc) is 3.24. The van der Waals surface area contributed by atoms with Gasteiger partial charge in [0.15, 0.2) is 0 Å². The molecule has 0 spiro atoms. The van der Waals surface area contributed by atoms with Gasteiger partial charge in [-0.3, -0.25) is 14.5 Å². The second-order valence-electron chi connectivity index (χ2n) is 8.01. The van der Waals surface area contributed by atoms with Crippen LogP contribution in [-0.4, -0.2) is 91.5 Å². The number of carbonyl (C=O) groups excluding carboxylic acids is 2. The van der Waals surface area contributed by atoms with E-state index in [4.69, 9.17) is 4.74 Å². The Kier molecular flexibility index (Phi) is 8.51. The number of likely N-dealkylation sites (tertiary alicyclic amines) is 1. The van der Waals surface area contributed by atoms with Crippen molar-refractivity contribution in [1.29, 1.82) is 0 Å². The highest BCUT2D eigenvalue weighted by atomic mass is 16.5. The monoisotopic (exact) mass is 416 g/mol. The number of nitrogens with one attached hydrogen (secondary N) is 1. The van der Waals surface area contributed by atoms with E-state index in [1.165, 1.54) is 6.42 Å². The minimum absolute atomic E-state index is 0.00545. The van der Waals surface area contributed by atoms with Crippen molar-refractivity contribution >= 4 is 11.8 Å². The van der Waals surface area contributed by atoms with Crippen molar-refractivity contribution in [3.8, 4) is 5.75 Å². The van der Waals surface area contributed by atoms with E-state index < -0.39 is 0 Å². The molecule has 2 aliphatic heterocycles. The molecule has 3 rings (SSSR count). The summed E-state index contributed by atoms with van der Waals surface area (Å²) in [5, 5.41) is 3.27. The van der Waals surface area contributed by atoms with Crippen LogP contribution in [0.15, 0.2) is 24.3 Å². The first-order valence-corrected chi connectivity index (χ1v) is 11.4. The van der Waals surface area contributed by atoms with E-state index in [0.717, 1.165) is 51.4 Å². The zero-order chi connectivity index (χ0) is 21.3. The predicted molar refractivity (Wildman–Crippen MR) is 118 cm³/mol. The van der Waals surface area contributed by atoms with Gasteiger partial charge in [-0.15, -0.1) is 0 Å². The first kappa shape index (κ1) is 22.6. The highest BCUT2D eigenvalue weighted by molar-refractivity contribution is 5.94. The molecule has 30 heavy (non-hydrogen) atoms. The SMILES string of the molecule is CCOc1ccc(C(=O)N(CCC(=O)N2CCNCC2)CC2CCCN2CC)cc1. The molecule has 2 saturated heterocycles. The van der Waals surface area contributed by atoms with E-state index in [2.05, 4.69) is 17.1 Å². The number of rotatable bonds is 9. The number of nitrogens with zero attached hydrogens (tertiary/aromatic N) is 3. The molecule has 1 unspecified atom stereocenters. The van der Waals surface area contributed by atoms with Crippen LogP contribution >= 0.6 is 0 Å². The van der Waals surface area contributed by atoms with Gasteiger partial charge in [-0.2, -0.15) is 0 Å². The summed E-state index contributed by atoms with van der Waals surface area (Å²) < 4.78 is 5.50. The Bertz CT molecular complexity index is 688. The molecule has 1 aromatic rings. The zero-order valence-electron chi connectivity index (χ0n) is 18.4. The lowest BCUT2D eigenvalue weighted by Crippen LogP contribution is -2.48. The Morgan fingerprint density at radius 1 is 1.13 bits per heavy atom. The maximum Gasteiger partial charge on any atom is 0.253 e. The molecule has 2 aliphatic rings. The fourth-order valence-corrected chi connectivity index (χ4v) is 4.39. The fraction of sp³-hybridized carbons (Fsp3) is 0.652. The molecule has 7 heteroatoms. The summed E-state index contributed by atoms with van der Waals surface area (Å²) in [6.07, 6.45) is 2.65. The van der Waals surface area contributed by atoms with Gasteiger partial charge in [0.05, 0.1) is 6.61 Å². The number of ether oxygens (including phenoxy) is 1. The number of hydrogen-bond acceptors (Lipinski definition) is 5. The van der Waals surface area contributed by atoms with Gasteiger partial charge in [0.2, 0.25) is 5.91 Å². The second kappa shape index (κ2) is 11.3. The third-order valence-electron chi connectivity index (χ3n) is 6.10. The summed E-state index contributed by atoms with van der Waals surface area (Å²) >= 11 is 0. The molecule has 0 bridgehead atoms. The molecule has 166 valence electrons. The van der Waals surface area contributed by atoms with E-state index in [0.29, 0.717) is 37.7 Å². The first-order valence-electron chi connectivity index (χ1n) is 11.4. The quantitative estimate of drug-likeness (QED) is 0.665. The normalized spacial score (nSPS) is 19.7. The van der Waals surface area contributed by atoms with Gasteiger partial charge in [0, 0.05) is 57.3 Å². The van der Waals surface area contributed by atoms with E-state index in [1.807, 2.05) is 41.0 Å². The van der Waals surface area contributed by atoms with Crippen LogP contribution in [0.1, 0.15) is 43.5 Å². The summed E-state index contributed by atoms with van der Waals surface area (Å²) in [4.78, 5) is 32.2. The van der Waals surface area contributed by atoms with Gasteiger partial charge in [0.1, 0.15) is 5.75 Å². The van der Waals surface area contributed by atoms with Crippen LogP contribution in [0.4, 0.5) is 0 Å². The Morgan fingerprint density at radius 2 is 1.87 bits per heavy atom. The molecule has 2 amide bonds. The van der Waals surface area contributed by atoms with Crippen LogP contribution in [0.2, 0.25) is 0 Å². The van der Waals surface area contributed by atoms with Gasteiger partial charge < -0.3 is 19.9 Å². The van der Waals surface area contributed by atoms with Crippen LogP contribution in [0, 0.1) is 0 Å². The maximum atomic E-state index is 13.3. The van der Waals surface area contributed by atoms with Gasteiger partial charge in [0.25, 0.3) is 5.91 Å². The Balaban J connectivity index is 1.67. The molecular weight excluding hydrogens is 380 g/mol. The standard InChI is InChI=1S/C23H36N4O3/c1-3-25-14-5-6-20(25)18-27(15-11-22(28)26-16-12-24-13-17-26)23(29)19-7-9-21(10-8-19)30-4-2/h7-10,20,24H,3-6,11-18H2,1-2H3. The smallest absolute Gasteiger partial charge is 0.253 e. The lowest BCUT2D eigenvalue weighted by molar-refractivity contribution is -0.132. The van der Waals surface area contributed by atoms with Crippen LogP contribution in [0.25, 0.3) is 0 Å². The maximum absolute atomic E-state index is 13.3. The second-order valence-corrected chi connectivity index (χ2v) is 8.01. The summed E-state index contributed by atoms with van der Waals surface area (Å²) in [5.41, 5.74) is 0.647. The average molecular weight is 417 g/mol. The number of hydrogen-bond donors (Lipinski definition) is 1. The molecule has 2 fully saturated rings. The number of amides is 2. The number of carbonyl (C=O) groups is 2. The van der Waals surface area contributed by atoms with Crippen molar-refractivity contribution in [3.63, 3.8) is 0 Å². The minimum Gasteiger partial charge on any atom is -0.494 e. The lowest BCUT2D eigenvalue weighted by Gasteiger charge is -2.32. The molecule has 0 aromatic heterocycles. The lowest BCUT2D eigenvalue weighted by atomic mass is 10.1. The van der Waals surface area contributed by atoms with Crippen LogP contribution in [0.3, 0.4) is 0 Å². The Labute approximate surface area is 180 Å². The molecular formula is C23H36N4O3. The Morgan fingerprint density at radius 3 is 2.53 bits per heavy atom. The summed E-state index contributed by atoms with van der Waals surface area (Å²) in [6.45, 7) is 11.1. The topological polar surface area (TPSA) is 65.1 Å². The summed E-state index contributed by atoms with van der Waals surface area (Å²) in [6, 6.07) is 7.70. The molecule has 1 aromatic carbocycles. The zero-order valence-corrected chi connectivity index (χ0v) is 18.4. The van der Waals surface area contributed by atoms with Crippen molar-refractivity contribution in [3.05, 3.63) is 29.8 Å². The predicted octanol–water partition coefficient (Wildman–Crippen LogP) is 1.83. The van der Waals surface area contributed by atoms with Gasteiger partial charge in [-0.05, 0) is 57.1 Å². The fourth-order valence-electron chi connectivity index (χ4n) is 4.39. The number of likely N-dealkylation sites (N-methyl/N-ethyl adjacent to an activating group) is 1. The molecule has 0 radical (unpaired) electrons. The summed E-state index contributed by atoms with van der Waals surface area (Å²) in [7, 11) is 0. The van der Waals surface area contributed by atoms with Crippen molar-refractivity contribution in [2.24, 2.45) is 0 Å². The van der Waals surface area contributed by atoms with Gasteiger partial charge >= 0.3 is 0 Å². The Hall–Kier alpha value is -2.12. The third kappa shape index (κ3) is 5.95. The van der Waals surface area contributed by atoms with Crippen molar-refractivity contribution in [2.45, 2.75) is 39.2 Å². The van der Waals surface area contributed by atoms with Gasteiger partial charge in [-0.25, -0.2) is 0 Å². The third-order valence-corrected chi connectivity index (χ3v) is 6.10. The molecule has 2 heterocycles. The molecule has 7 nitrogen and oxygen atoms in total. The van der Waals surface area contributed by atoms with E-state index in [-0.39, 0.29) is 11.8 Å². The number of piperazine rings is 1. The van der Waals surface area contributed by atoms with Crippen molar-refractivity contribution in [1.82, 2.24) is 20.0 Å². The van der Waals surface area contributed by atoms with E-state index in [1.54, 1.807) is 0 Å². The molecule has 0 aliphatic carbocycles. The molecule has 0 saturated carbocycles. The number of benzene rings is 1. The van der Waals surface area contributed by atoms with Gasteiger partial charge in [-0.1, -0.05) is 6.92 Å². The molecule has 1 N–H and O–H groups in total. The van der Waals surface area contributed by atoms with Crippen molar-refractivity contribution < 1.29 is 14.3 Å². The van der Waals surface area contributed by atoms with E-state index in [9.17, 15) is 9.59 Å². The van der Waals surface area contributed by atoms with Crippen LogP contribution in [0.5, 0.6) is 5.75 Å². The molecule has 1 atom stereocenters. The highest BCUT2D eigenvalue weighted by Crippen LogP contribution is 2.20. The van der Waals surface area contributed by atoms with Crippen LogP contribution < -0.4 is 10.1 Å². The van der Waals surface area contributed by atoms with Crippen molar-refractivity contribution in [2.75, 3.05) is 59.0 Å². The first-order chi connectivity index (χ1) is 14.6. The van der Waals surface area contributed by atoms with E-state index >= 15 is 0 Å². The highest BCUT2D eigenvalue weighted by Gasteiger charge is 2.28. The largest absolute Gasteiger partial charge is 0.494 e. The van der Waals surface area contributed by atoms with Crippen LogP contribution in [-0.2, 0) is 4.79 Å².